The van der Waals surface area contributed by atoms with Crippen LogP contribution in [0.15, 0.2) is 231 Å². The van der Waals surface area contributed by atoms with Crippen molar-refractivity contribution >= 4 is 102 Å². The minimum Gasteiger partial charge on any atom is -0.508 e. The monoisotopic (exact) mass is 1390 g/mol. The van der Waals surface area contributed by atoms with Gasteiger partial charge in [-0.15, -0.1) is 0 Å². The molecular weight excluding hydrogens is 1340 g/mol. The molecule has 0 aromatic heterocycles. The molecule has 0 heterocycles. The molecule has 0 spiro atoms. The molecule has 0 radical (unpaired) electrons. The Morgan fingerprint density at radius 1 is 0.173 bits per heavy atom. The lowest BCUT2D eigenvalue weighted by Gasteiger charge is -2.24. The zero-order chi connectivity index (χ0) is 72.8. The first-order chi connectivity index (χ1) is 50.1. The summed E-state index contributed by atoms with van der Waals surface area (Å²) in [4.78, 5) is 124. The maximum absolute atomic E-state index is 16.0. The van der Waals surface area contributed by atoms with Crippen LogP contribution in [-0.4, -0.2) is 88.6 Å². The Hall–Kier alpha value is -15.2. The third kappa shape index (κ3) is 13.1. The van der Waals surface area contributed by atoms with E-state index in [9.17, 15) is 40.9 Å². The summed E-state index contributed by atoms with van der Waals surface area (Å²) in [6, 6.07) is 45.3. The standard InChI is InChI=1S/C80H46O24/c81-39-1-17-47(18-2-39)97-73(89)61-33-55-57(35-63(61)75(91)99-49-21-5-41(83)6-22-49)69-68-60(38-66(78(94)102-52-27-11-44(86)12-28-52)71(69)79(95)103-53-29-13-45(87)14-30-53)56-34-62(74(90)98-48-19-3-40(82)4-20-48)64(76(92)100-50-23-7-42(84)8-24-50)36-58(56)70-67(68)59(55)37-65(77(93)101-51-25-9-43(85)10-26-51)72(70)80(96)104-54-31-15-46(88)16-32-54/h1-38,81-88H. The molecule has 0 saturated heterocycles. The summed E-state index contributed by atoms with van der Waals surface area (Å²) in [5.41, 5.74) is -5.27. The minimum absolute atomic E-state index is 0.174. The largest absolute Gasteiger partial charge is 0.508 e. The topological polar surface area (TPSA) is 372 Å². The normalized spacial score (nSPS) is 11.1. The second-order valence-electron chi connectivity index (χ2n) is 23.1. The van der Waals surface area contributed by atoms with Crippen LogP contribution < -0.4 is 37.9 Å². The van der Waals surface area contributed by atoms with Crippen molar-refractivity contribution in [3.63, 3.8) is 0 Å². The SMILES string of the molecule is O=C(Oc1ccc(O)cc1)c1cc2c(cc1C(=O)Oc1ccc(O)cc1)c1c(C(=O)Oc3ccc(O)cc3)c(C(=O)Oc3ccc(O)cc3)cc3c4cc(C(=O)Oc5ccc(O)cc5)c(C(=O)Oc5ccc(O)cc5)cc4c4c(C(=O)Oc5ccc(O)cc5)c(C(=O)Oc5ccc(O)cc5)cc2c4c31. The van der Waals surface area contributed by atoms with Crippen LogP contribution in [0.5, 0.6) is 92.0 Å². The fourth-order valence-corrected chi connectivity index (χ4v) is 11.7. The van der Waals surface area contributed by atoms with Gasteiger partial charge in [-0.1, -0.05) is 0 Å². The number of hydrogen-bond acceptors (Lipinski definition) is 24. The third-order valence-corrected chi connectivity index (χ3v) is 16.4. The van der Waals surface area contributed by atoms with Gasteiger partial charge in [-0.25, -0.2) is 38.4 Å². The minimum atomic E-state index is -1.37. The van der Waals surface area contributed by atoms with Crippen molar-refractivity contribution < 1.29 is 117 Å². The molecule has 0 aliphatic heterocycles. The molecule has 24 nitrogen and oxygen atoms in total. The van der Waals surface area contributed by atoms with E-state index in [0.29, 0.717) is 0 Å². The molecule has 0 fully saturated rings. The van der Waals surface area contributed by atoms with E-state index >= 15 is 38.4 Å². The first kappa shape index (κ1) is 66.1. The average Bonchev–Trinajstić information content (AvgIpc) is 0.678. The number of phenols is 8. The lowest BCUT2D eigenvalue weighted by atomic mass is 9.79. The van der Waals surface area contributed by atoms with Crippen molar-refractivity contribution in [1.82, 2.24) is 0 Å². The van der Waals surface area contributed by atoms with Crippen molar-refractivity contribution in [2.75, 3.05) is 0 Å². The van der Waals surface area contributed by atoms with Crippen LogP contribution in [0.2, 0.25) is 0 Å². The Kier molecular flexibility index (Phi) is 17.1. The molecule has 14 aromatic carbocycles. The predicted octanol–water partition coefficient (Wildman–Crippen LogP) is 14.3. The molecule has 104 heavy (non-hydrogen) atoms. The summed E-state index contributed by atoms with van der Waals surface area (Å²) < 4.78 is 47.8. The lowest BCUT2D eigenvalue weighted by Crippen LogP contribution is -2.21. The Labute approximate surface area is 583 Å². The number of carbonyl (C=O) groups is 8. The Morgan fingerprint density at radius 3 is 0.510 bits per heavy atom. The van der Waals surface area contributed by atoms with Gasteiger partial charge in [-0.05, 0) is 274 Å². The first-order valence-electron chi connectivity index (χ1n) is 31.0. The predicted molar refractivity (Wildman–Crippen MR) is 370 cm³/mol. The van der Waals surface area contributed by atoms with Crippen molar-refractivity contribution in [3.05, 3.63) is 275 Å². The van der Waals surface area contributed by atoms with Gasteiger partial charge in [-0.2, -0.15) is 0 Å². The summed E-state index contributed by atoms with van der Waals surface area (Å²) in [7, 11) is 0. The molecule has 0 aliphatic carbocycles. The first-order valence-corrected chi connectivity index (χ1v) is 31.0. The molecule has 0 atom stereocenters. The van der Waals surface area contributed by atoms with E-state index < -0.39 is 103 Å². The van der Waals surface area contributed by atoms with E-state index in [1.54, 1.807) is 0 Å². The molecule has 0 saturated carbocycles. The lowest BCUT2D eigenvalue weighted by molar-refractivity contribution is 0.0692. The van der Waals surface area contributed by atoms with Gasteiger partial charge in [0, 0.05) is 10.8 Å². The molecule has 14 aromatic rings. The second-order valence-corrected chi connectivity index (χ2v) is 23.1. The number of phenolic OH excluding ortho intramolecular Hbond substituents is 8. The number of fused-ring (bicyclic) bond motifs is 6. The van der Waals surface area contributed by atoms with Crippen LogP contribution in [0.4, 0.5) is 0 Å². The van der Waals surface area contributed by atoms with E-state index in [1.165, 1.54) is 194 Å². The molecule has 0 amide bonds. The van der Waals surface area contributed by atoms with Crippen LogP contribution in [0.3, 0.4) is 0 Å². The summed E-state index contributed by atoms with van der Waals surface area (Å²) in [6.07, 6.45) is 0. The van der Waals surface area contributed by atoms with E-state index in [-0.39, 0.29) is 135 Å². The van der Waals surface area contributed by atoms with Crippen LogP contribution >= 0.6 is 0 Å². The number of benzene rings is 14. The molecule has 510 valence electrons. The summed E-state index contributed by atoms with van der Waals surface area (Å²) in [5, 5.41) is 80.0. The van der Waals surface area contributed by atoms with Gasteiger partial charge in [-0.3, -0.25) is 0 Å². The van der Waals surface area contributed by atoms with Crippen molar-refractivity contribution in [3.8, 4) is 92.0 Å². The van der Waals surface area contributed by atoms with Gasteiger partial charge in [0.1, 0.15) is 92.0 Å². The number of carbonyl (C=O) groups excluding carboxylic acids is 8. The smallest absolute Gasteiger partial charge is 0.345 e. The highest BCUT2D eigenvalue weighted by molar-refractivity contribution is 6.46. The third-order valence-electron chi connectivity index (χ3n) is 16.4. The van der Waals surface area contributed by atoms with Crippen molar-refractivity contribution in [2.45, 2.75) is 0 Å². The number of aromatic hydroxyl groups is 8. The Bertz CT molecular complexity index is 5500. The molecule has 24 heteroatoms. The maximum Gasteiger partial charge on any atom is 0.345 e. The summed E-state index contributed by atoms with van der Waals surface area (Å²) in [5.74, 6) is -14.1. The highest BCUT2D eigenvalue weighted by atomic mass is 16.6. The Morgan fingerprint density at radius 2 is 0.317 bits per heavy atom. The zero-order valence-corrected chi connectivity index (χ0v) is 53.0. The van der Waals surface area contributed by atoms with Crippen LogP contribution in [-0.2, 0) is 0 Å². The quantitative estimate of drug-likeness (QED) is 0.0193. The van der Waals surface area contributed by atoms with E-state index in [4.69, 9.17) is 37.9 Å². The van der Waals surface area contributed by atoms with Gasteiger partial charge in [0.15, 0.2) is 0 Å². The van der Waals surface area contributed by atoms with E-state index in [1.807, 2.05) is 0 Å². The maximum atomic E-state index is 16.0. The fraction of sp³-hybridized carbons (Fsp3) is 0. The summed E-state index contributed by atoms with van der Waals surface area (Å²) >= 11 is 0. The van der Waals surface area contributed by atoms with Gasteiger partial charge >= 0.3 is 47.8 Å². The van der Waals surface area contributed by atoms with Crippen LogP contribution in [0.1, 0.15) is 82.9 Å². The van der Waals surface area contributed by atoms with Gasteiger partial charge < -0.3 is 78.7 Å². The van der Waals surface area contributed by atoms with E-state index in [0.717, 1.165) is 36.4 Å². The second kappa shape index (κ2) is 26.9. The average molecular weight is 1390 g/mol. The molecule has 8 N–H and O–H groups in total. The molecule has 0 unspecified atom stereocenters. The Balaban J connectivity index is 1.21. The number of rotatable bonds is 16. The van der Waals surface area contributed by atoms with Crippen LogP contribution in [0.25, 0.3) is 53.9 Å². The number of esters is 8. The molecular formula is C80H46O24. The molecule has 0 aliphatic rings. The molecule has 0 bridgehead atoms. The number of hydrogen-bond donors (Lipinski definition) is 8. The van der Waals surface area contributed by atoms with Crippen molar-refractivity contribution in [2.24, 2.45) is 0 Å². The number of ether oxygens (including phenoxy) is 8. The summed E-state index contributed by atoms with van der Waals surface area (Å²) in [6.45, 7) is 0. The highest BCUT2D eigenvalue weighted by Gasteiger charge is 2.37. The zero-order valence-electron chi connectivity index (χ0n) is 53.0. The highest BCUT2D eigenvalue weighted by Crippen LogP contribution is 2.51. The van der Waals surface area contributed by atoms with E-state index in [2.05, 4.69) is 0 Å². The van der Waals surface area contributed by atoms with Crippen LogP contribution in [0, 0.1) is 0 Å². The van der Waals surface area contributed by atoms with Gasteiger partial charge in [0.05, 0.1) is 44.5 Å². The van der Waals surface area contributed by atoms with Gasteiger partial charge in [0.2, 0.25) is 0 Å². The molecule has 14 rings (SSSR count). The fourth-order valence-electron chi connectivity index (χ4n) is 11.7. The van der Waals surface area contributed by atoms with Crippen molar-refractivity contribution in [1.29, 1.82) is 0 Å². The van der Waals surface area contributed by atoms with Gasteiger partial charge in [0.25, 0.3) is 0 Å².